The van der Waals surface area contributed by atoms with Crippen LogP contribution in [0, 0.1) is 12.8 Å². The fourth-order valence-electron chi connectivity index (χ4n) is 2.37. The monoisotopic (exact) mass is 287 g/mol. The number of aryl methyl sites for hydroxylation is 1. The van der Waals surface area contributed by atoms with E-state index in [4.69, 9.17) is 0 Å². The third-order valence-corrected chi connectivity index (χ3v) is 4.50. The van der Waals surface area contributed by atoms with E-state index in [9.17, 15) is 0 Å². The highest BCUT2D eigenvalue weighted by atomic mass is 32.1. The van der Waals surface area contributed by atoms with Crippen LogP contribution >= 0.6 is 11.3 Å². The Hall–Kier alpha value is -1.12. The molecule has 1 atom stereocenters. The van der Waals surface area contributed by atoms with Crippen molar-refractivity contribution in [3.8, 4) is 0 Å². The summed E-state index contributed by atoms with van der Waals surface area (Å²) in [5.74, 6) is 0.721. The number of hydrogen-bond acceptors (Lipinski definition) is 2. The molecule has 0 spiro atoms. The molecule has 2 heteroatoms. The minimum absolute atomic E-state index is 0.394. The second kappa shape index (κ2) is 7.05. The molecule has 2 aromatic rings. The van der Waals surface area contributed by atoms with Crippen molar-refractivity contribution >= 4 is 11.3 Å². The standard InChI is InChI=1S/C18H25NS/c1-13(2)11-16-6-8-17(9-7-16)15(4)19-12-18-10-5-14(3)20-18/h5-10,13,15,19H,11-12H2,1-4H3. The van der Waals surface area contributed by atoms with Crippen molar-refractivity contribution in [2.75, 3.05) is 0 Å². The van der Waals surface area contributed by atoms with Gasteiger partial charge in [0, 0.05) is 22.3 Å². The van der Waals surface area contributed by atoms with E-state index in [0.29, 0.717) is 6.04 Å². The van der Waals surface area contributed by atoms with Crippen LogP contribution in [0.15, 0.2) is 36.4 Å². The summed E-state index contributed by atoms with van der Waals surface area (Å²) in [5.41, 5.74) is 2.80. The zero-order valence-corrected chi connectivity index (χ0v) is 13.8. The lowest BCUT2D eigenvalue weighted by Gasteiger charge is -2.14. The normalized spacial score (nSPS) is 12.8. The van der Waals surface area contributed by atoms with Gasteiger partial charge in [-0.15, -0.1) is 11.3 Å². The van der Waals surface area contributed by atoms with E-state index in [1.165, 1.54) is 20.9 Å². The smallest absolute Gasteiger partial charge is 0.0305 e. The van der Waals surface area contributed by atoms with Gasteiger partial charge in [0.15, 0.2) is 0 Å². The molecular weight excluding hydrogens is 262 g/mol. The van der Waals surface area contributed by atoms with Crippen LogP contribution < -0.4 is 5.32 Å². The Morgan fingerprint density at radius 3 is 2.25 bits per heavy atom. The fraction of sp³-hybridized carbons (Fsp3) is 0.444. The third-order valence-electron chi connectivity index (χ3n) is 3.50. The zero-order valence-electron chi connectivity index (χ0n) is 12.9. The first kappa shape index (κ1) is 15.3. The van der Waals surface area contributed by atoms with E-state index in [2.05, 4.69) is 69.4 Å². The van der Waals surface area contributed by atoms with Gasteiger partial charge < -0.3 is 5.32 Å². The van der Waals surface area contributed by atoms with E-state index in [-0.39, 0.29) is 0 Å². The Bertz CT molecular complexity index is 525. The maximum atomic E-state index is 3.60. The quantitative estimate of drug-likeness (QED) is 0.779. The molecule has 1 aromatic carbocycles. The summed E-state index contributed by atoms with van der Waals surface area (Å²) in [6.07, 6.45) is 1.16. The van der Waals surface area contributed by atoms with Crippen molar-refractivity contribution in [3.05, 3.63) is 57.3 Å². The predicted molar refractivity (Wildman–Crippen MR) is 89.3 cm³/mol. The van der Waals surface area contributed by atoms with E-state index in [1.807, 2.05) is 11.3 Å². The highest BCUT2D eigenvalue weighted by Crippen LogP contribution is 2.18. The summed E-state index contributed by atoms with van der Waals surface area (Å²) < 4.78 is 0. The molecule has 1 N–H and O–H groups in total. The van der Waals surface area contributed by atoms with Gasteiger partial charge in [-0.2, -0.15) is 0 Å². The molecule has 0 fully saturated rings. The molecule has 0 radical (unpaired) electrons. The lowest BCUT2D eigenvalue weighted by Crippen LogP contribution is -2.17. The van der Waals surface area contributed by atoms with Gasteiger partial charge in [-0.25, -0.2) is 0 Å². The minimum atomic E-state index is 0.394. The van der Waals surface area contributed by atoms with Gasteiger partial charge in [-0.1, -0.05) is 38.1 Å². The summed E-state index contributed by atoms with van der Waals surface area (Å²) in [5, 5.41) is 3.60. The van der Waals surface area contributed by atoms with Crippen molar-refractivity contribution in [2.45, 2.75) is 46.7 Å². The van der Waals surface area contributed by atoms with Crippen LogP contribution in [0.5, 0.6) is 0 Å². The molecule has 108 valence electrons. The van der Waals surface area contributed by atoms with Gasteiger partial charge in [0.05, 0.1) is 0 Å². The van der Waals surface area contributed by atoms with Crippen LogP contribution in [0.1, 0.15) is 47.7 Å². The second-order valence-electron chi connectivity index (χ2n) is 5.95. The van der Waals surface area contributed by atoms with Crippen molar-refractivity contribution in [3.63, 3.8) is 0 Å². The molecular formula is C18H25NS. The van der Waals surface area contributed by atoms with E-state index < -0.39 is 0 Å². The molecule has 1 unspecified atom stereocenters. The van der Waals surface area contributed by atoms with Crippen molar-refractivity contribution in [1.29, 1.82) is 0 Å². The second-order valence-corrected chi connectivity index (χ2v) is 7.33. The molecule has 0 saturated heterocycles. The summed E-state index contributed by atoms with van der Waals surface area (Å²) in [6.45, 7) is 9.87. The average molecular weight is 287 g/mol. The molecule has 1 nitrogen and oxygen atoms in total. The van der Waals surface area contributed by atoms with Gasteiger partial charge in [0.25, 0.3) is 0 Å². The topological polar surface area (TPSA) is 12.0 Å². The van der Waals surface area contributed by atoms with E-state index in [1.54, 1.807) is 0 Å². The number of nitrogens with one attached hydrogen (secondary N) is 1. The first-order valence-corrected chi connectivity index (χ1v) is 8.24. The molecule has 0 aliphatic rings. The first-order valence-electron chi connectivity index (χ1n) is 7.42. The van der Waals surface area contributed by atoms with Crippen LogP contribution in [0.4, 0.5) is 0 Å². The van der Waals surface area contributed by atoms with Gasteiger partial charge in [0.2, 0.25) is 0 Å². The molecule has 0 bridgehead atoms. The molecule has 0 aliphatic carbocycles. The van der Waals surface area contributed by atoms with Crippen molar-refractivity contribution in [2.24, 2.45) is 5.92 Å². The van der Waals surface area contributed by atoms with Crippen LogP contribution in [-0.2, 0) is 13.0 Å². The molecule has 2 rings (SSSR count). The van der Waals surface area contributed by atoms with Gasteiger partial charge in [-0.3, -0.25) is 0 Å². The predicted octanol–water partition coefficient (Wildman–Crippen LogP) is 5.11. The fourth-order valence-corrected chi connectivity index (χ4v) is 3.21. The summed E-state index contributed by atoms with van der Waals surface area (Å²) in [6, 6.07) is 13.8. The molecule has 1 aromatic heterocycles. The largest absolute Gasteiger partial charge is 0.305 e. The Kier molecular flexibility index (Phi) is 5.38. The van der Waals surface area contributed by atoms with E-state index in [0.717, 1.165) is 18.9 Å². The summed E-state index contributed by atoms with van der Waals surface area (Å²) in [4.78, 5) is 2.79. The highest BCUT2D eigenvalue weighted by molar-refractivity contribution is 7.11. The maximum absolute atomic E-state index is 3.60. The molecule has 0 amide bonds. The van der Waals surface area contributed by atoms with Crippen LogP contribution in [0.25, 0.3) is 0 Å². The maximum Gasteiger partial charge on any atom is 0.0305 e. The molecule has 20 heavy (non-hydrogen) atoms. The van der Waals surface area contributed by atoms with Crippen LogP contribution in [-0.4, -0.2) is 0 Å². The molecule has 0 saturated carbocycles. The summed E-state index contributed by atoms with van der Waals surface area (Å²) >= 11 is 1.87. The Morgan fingerprint density at radius 2 is 1.70 bits per heavy atom. The van der Waals surface area contributed by atoms with Crippen LogP contribution in [0.2, 0.25) is 0 Å². The average Bonchev–Trinajstić information content (AvgIpc) is 2.82. The van der Waals surface area contributed by atoms with Gasteiger partial charge >= 0.3 is 0 Å². The van der Waals surface area contributed by atoms with Crippen molar-refractivity contribution in [1.82, 2.24) is 5.32 Å². The third kappa shape index (κ3) is 4.46. The summed E-state index contributed by atoms with van der Waals surface area (Å²) in [7, 11) is 0. The minimum Gasteiger partial charge on any atom is -0.305 e. The van der Waals surface area contributed by atoms with E-state index >= 15 is 0 Å². The molecule has 0 aliphatic heterocycles. The number of hydrogen-bond donors (Lipinski definition) is 1. The Balaban J connectivity index is 1.90. The Morgan fingerprint density at radius 1 is 1.00 bits per heavy atom. The number of rotatable bonds is 6. The Labute approximate surface area is 127 Å². The van der Waals surface area contributed by atoms with Gasteiger partial charge in [0.1, 0.15) is 0 Å². The first-order chi connectivity index (χ1) is 9.54. The number of benzene rings is 1. The van der Waals surface area contributed by atoms with Crippen LogP contribution in [0.3, 0.4) is 0 Å². The number of thiophene rings is 1. The zero-order chi connectivity index (χ0) is 14.5. The highest BCUT2D eigenvalue weighted by Gasteiger charge is 2.06. The lowest BCUT2D eigenvalue weighted by atomic mass is 10.00. The SMILES string of the molecule is Cc1ccc(CNC(C)c2ccc(CC(C)C)cc2)s1. The molecule has 1 heterocycles. The lowest BCUT2D eigenvalue weighted by molar-refractivity contribution is 0.578. The van der Waals surface area contributed by atoms with Crippen molar-refractivity contribution < 1.29 is 0 Å². The van der Waals surface area contributed by atoms with Gasteiger partial charge in [-0.05, 0) is 49.4 Å².